The van der Waals surface area contributed by atoms with E-state index in [-0.39, 0.29) is 37.3 Å². The van der Waals surface area contributed by atoms with Crippen LogP contribution in [0.25, 0.3) is 0 Å². The third-order valence-electron chi connectivity index (χ3n) is 2.09. The zero-order chi connectivity index (χ0) is 9.14. The molecule has 1 N–H and O–H groups in total. The van der Waals surface area contributed by atoms with Gasteiger partial charge >= 0.3 is 0 Å². The van der Waals surface area contributed by atoms with Crippen LogP contribution in [0.4, 0.5) is 0 Å². The van der Waals surface area contributed by atoms with E-state index >= 15 is 0 Å². The van der Waals surface area contributed by atoms with Crippen molar-refractivity contribution in [3.05, 3.63) is 0 Å². The highest BCUT2D eigenvalue weighted by Gasteiger charge is 2.30. The van der Waals surface area contributed by atoms with Crippen molar-refractivity contribution in [1.29, 1.82) is 0 Å². The van der Waals surface area contributed by atoms with Gasteiger partial charge in [0, 0.05) is 12.6 Å². The van der Waals surface area contributed by atoms with Gasteiger partial charge in [0.1, 0.15) is 0 Å². The van der Waals surface area contributed by atoms with Crippen LogP contribution in [0.2, 0.25) is 0 Å². The molecule has 1 aliphatic heterocycles. The third-order valence-corrected chi connectivity index (χ3v) is 2.09. The number of rotatable bonds is 3. The van der Waals surface area contributed by atoms with Crippen molar-refractivity contribution in [2.45, 2.75) is 25.8 Å². The summed E-state index contributed by atoms with van der Waals surface area (Å²) >= 11 is 0. The van der Waals surface area contributed by atoms with Crippen LogP contribution >= 0.6 is 0 Å². The molecule has 1 atom stereocenters. The standard InChI is InChI=1S/C8H13NO3/c1-6(2-3-10)9-5-7(11)4-8(9)12/h6,10H,2-5H2,1H3/t6-/m1/s1. The SMILES string of the molecule is C[C@H](CCO)N1CC(=O)CC1=O. The highest BCUT2D eigenvalue weighted by atomic mass is 16.3. The highest BCUT2D eigenvalue weighted by Crippen LogP contribution is 2.12. The van der Waals surface area contributed by atoms with Crippen molar-refractivity contribution in [2.75, 3.05) is 13.2 Å². The first-order chi connectivity index (χ1) is 5.65. The molecule has 0 aromatic heterocycles. The summed E-state index contributed by atoms with van der Waals surface area (Å²) in [5.41, 5.74) is 0. The van der Waals surface area contributed by atoms with Gasteiger partial charge in [-0.2, -0.15) is 0 Å². The van der Waals surface area contributed by atoms with Gasteiger partial charge in [0.05, 0.1) is 13.0 Å². The molecule has 0 spiro atoms. The molecule has 0 unspecified atom stereocenters. The summed E-state index contributed by atoms with van der Waals surface area (Å²) in [6.45, 7) is 2.12. The molecule has 1 rings (SSSR count). The van der Waals surface area contributed by atoms with Gasteiger partial charge < -0.3 is 10.0 Å². The van der Waals surface area contributed by atoms with Crippen molar-refractivity contribution in [3.8, 4) is 0 Å². The molecule has 1 fully saturated rings. The van der Waals surface area contributed by atoms with Crippen LogP contribution in [-0.4, -0.2) is 40.9 Å². The van der Waals surface area contributed by atoms with E-state index in [1.807, 2.05) is 6.92 Å². The van der Waals surface area contributed by atoms with Crippen LogP contribution < -0.4 is 0 Å². The molecular weight excluding hydrogens is 158 g/mol. The number of hydrogen-bond donors (Lipinski definition) is 1. The van der Waals surface area contributed by atoms with Gasteiger partial charge in [-0.05, 0) is 13.3 Å². The van der Waals surface area contributed by atoms with Crippen LogP contribution in [0, 0.1) is 0 Å². The molecule has 1 amide bonds. The van der Waals surface area contributed by atoms with Gasteiger partial charge in [0.15, 0.2) is 5.78 Å². The summed E-state index contributed by atoms with van der Waals surface area (Å²) in [7, 11) is 0. The Morgan fingerprint density at radius 3 is 2.67 bits per heavy atom. The van der Waals surface area contributed by atoms with E-state index in [9.17, 15) is 9.59 Å². The Labute approximate surface area is 71.2 Å². The topological polar surface area (TPSA) is 57.6 Å². The molecule has 4 heteroatoms. The Morgan fingerprint density at radius 2 is 2.25 bits per heavy atom. The van der Waals surface area contributed by atoms with E-state index in [2.05, 4.69) is 0 Å². The maximum absolute atomic E-state index is 11.1. The van der Waals surface area contributed by atoms with Crippen molar-refractivity contribution in [3.63, 3.8) is 0 Å². The molecule has 1 heterocycles. The fourth-order valence-corrected chi connectivity index (χ4v) is 1.35. The maximum Gasteiger partial charge on any atom is 0.230 e. The highest BCUT2D eigenvalue weighted by molar-refractivity contribution is 6.05. The van der Waals surface area contributed by atoms with Crippen molar-refractivity contribution >= 4 is 11.7 Å². The van der Waals surface area contributed by atoms with Crippen molar-refractivity contribution in [1.82, 2.24) is 4.90 Å². The number of ketones is 1. The lowest BCUT2D eigenvalue weighted by Crippen LogP contribution is -2.35. The maximum atomic E-state index is 11.1. The number of Topliss-reactive ketones (excluding diaryl/α,β-unsaturated/α-hetero) is 1. The van der Waals surface area contributed by atoms with E-state index in [1.165, 1.54) is 4.90 Å². The molecule has 0 aliphatic carbocycles. The van der Waals surface area contributed by atoms with E-state index in [1.54, 1.807) is 0 Å². The van der Waals surface area contributed by atoms with Gasteiger partial charge in [-0.25, -0.2) is 0 Å². The van der Waals surface area contributed by atoms with Crippen LogP contribution in [0.1, 0.15) is 19.8 Å². The number of amides is 1. The van der Waals surface area contributed by atoms with Gasteiger partial charge in [-0.1, -0.05) is 0 Å². The molecule has 68 valence electrons. The monoisotopic (exact) mass is 171 g/mol. The summed E-state index contributed by atoms with van der Waals surface area (Å²) < 4.78 is 0. The molecule has 12 heavy (non-hydrogen) atoms. The minimum absolute atomic E-state index is 0.0195. The first-order valence-electron chi connectivity index (χ1n) is 4.07. The van der Waals surface area contributed by atoms with Crippen molar-refractivity contribution < 1.29 is 14.7 Å². The molecular formula is C8H13NO3. The van der Waals surface area contributed by atoms with Crippen LogP contribution in [0.15, 0.2) is 0 Å². The number of aliphatic hydroxyl groups excluding tert-OH is 1. The van der Waals surface area contributed by atoms with E-state index in [0.717, 1.165) is 0 Å². The Kier molecular flexibility index (Phi) is 2.81. The lowest BCUT2D eigenvalue weighted by Gasteiger charge is -2.22. The lowest BCUT2D eigenvalue weighted by atomic mass is 10.2. The average molecular weight is 171 g/mol. The van der Waals surface area contributed by atoms with Crippen LogP contribution in [-0.2, 0) is 9.59 Å². The van der Waals surface area contributed by atoms with E-state index < -0.39 is 0 Å². The van der Waals surface area contributed by atoms with Gasteiger partial charge in [0.2, 0.25) is 5.91 Å². The number of hydrogen-bond acceptors (Lipinski definition) is 3. The smallest absolute Gasteiger partial charge is 0.230 e. The third kappa shape index (κ3) is 1.82. The Morgan fingerprint density at radius 1 is 1.58 bits per heavy atom. The van der Waals surface area contributed by atoms with Crippen molar-refractivity contribution in [2.24, 2.45) is 0 Å². The quantitative estimate of drug-likeness (QED) is 0.585. The second kappa shape index (κ2) is 3.67. The molecule has 1 saturated heterocycles. The average Bonchev–Trinajstić information content (AvgIpc) is 2.30. The first-order valence-corrected chi connectivity index (χ1v) is 4.07. The predicted molar refractivity (Wildman–Crippen MR) is 42.5 cm³/mol. The van der Waals surface area contributed by atoms with Gasteiger partial charge in [-0.3, -0.25) is 9.59 Å². The zero-order valence-electron chi connectivity index (χ0n) is 7.12. The summed E-state index contributed by atoms with van der Waals surface area (Å²) in [5.74, 6) is -0.134. The Bertz CT molecular complexity index is 202. The van der Waals surface area contributed by atoms with Gasteiger partial charge in [-0.15, -0.1) is 0 Å². The van der Waals surface area contributed by atoms with E-state index in [0.29, 0.717) is 6.42 Å². The fraction of sp³-hybridized carbons (Fsp3) is 0.750. The number of likely N-dealkylation sites (tertiary alicyclic amines) is 1. The summed E-state index contributed by atoms with van der Waals surface area (Å²) in [6, 6.07) is -0.0195. The summed E-state index contributed by atoms with van der Waals surface area (Å²) in [5, 5.41) is 8.63. The molecule has 0 bridgehead atoms. The summed E-state index contributed by atoms with van der Waals surface area (Å²) in [4.78, 5) is 23.5. The lowest BCUT2D eigenvalue weighted by molar-refractivity contribution is -0.129. The molecule has 0 aromatic carbocycles. The number of carbonyl (C=O) groups excluding carboxylic acids is 2. The molecule has 4 nitrogen and oxygen atoms in total. The Balaban J connectivity index is 2.51. The first kappa shape index (κ1) is 9.19. The number of aliphatic hydroxyl groups is 1. The van der Waals surface area contributed by atoms with Gasteiger partial charge in [0.25, 0.3) is 0 Å². The Hall–Kier alpha value is -0.900. The molecule has 0 radical (unpaired) electrons. The summed E-state index contributed by atoms with van der Waals surface area (Å²) in [6.07, 6.45) is 0.578. The molecule has 0 aromatic rings. The largest absolute Gasteiger partial charge is 0.396 e. The minimum Gasteiger partial charge on any atom is -0.396 e. The van der Waals surface area contributed by atoms with Crippen LogP contribution in [0.3, 0.4) is 0 Å². The zero-order valence-corrected chi connectivity index (χ0v) is 7.12. The van der Waals surface area contributed by atoms with Crippen LogP contribution in [0.5, 0.6) is 0 Å². The molecule has 0 saturated carbocycles. The second-order valence-electron chi connectivity index (χ2n) is 3.10. The fourth-order valence-electron chi connectivity index (χ4n) is 1.35. The van der Waals surface area contributed by atoms with E-state index in [4.69, 9.17) is 5.11 Å². The minimum atomic E-state index is -0.110. The molecule has 1 aliphatic rings. The number of nitrogens with zero attached hydrogens (tertiary/aromatic N) is 1. The second-order valence-corrected chi connectivity index (χ2v) is 3.10. The number of carbonyl (C=O) groups is 2. The predicted octanol–water partition coefficient (Wildman–Crippen LogP) is -0.441. The normalized spacial score (nSPS) is 20.3.